The number of allylic oxidation sites excluding steroid dienone is 1. The van der Waals surface area contributed by atoms with Crippen molar-refractivity contribution in [2.75, 3.05) is 0 Å². The summed E-state index contributed by atoms with van der Waals surface area (Å²) in [7, 11) is -3.19. The van der Waals surface area contributed by atoms with Gasteiger partial charge in [-0.15, -0.1) is 0 Å². The van der Waals surface area contributed by atoms with Crippen molar-refractivity contribution in [3.8, 4) is 0 Å². The molecule has 0 radical (unpaired) electrons. The Morgan fingerprint density at radius 2 is 1.35 bits per heavy atom. The zero-order valence-electron chi connectivity index (χ0n) is 12.1. The summed E-state index contributed by atoms with van der Waals surface area (Å²) in [6, 6.07) is 0. The van der Waals surface area contributed by atoms with Crippen LogP contribution in [0.1, 0.15) is 6.92 Å². The maximum atomic E-state index is 5.61. The van der Waals surface area contributed by atoms with Crippen LogP contribution in [-0.2, 0) is 9.05 Å². The molecule has 0 atom stereocenters. The van der Waals surface area contributed by atoms with Crippen molar-refractivity contribution in [1.82, 2.24) is 11.0 Å². The van der Waals surface area contributed by atoms with Gasteiger partial charge in [0.25, 0.3) is 0 Å². The average Bonchev–Trinajstić information content (AvgIpc) is 2.12. The van der Waals surface area contributed by atoms with Crippen LogP contribution in [0.5, 0.6) is 0 Å². The number of hydrogen-bond donors (Lipinski definition) is 2. The maximum absolute atomic E-state index is 5.61. The molecule has 0 bridgehead atoms. The zero-order chi connectivity index (χ0) is 13.7. The number of nitrogens with one attached hydrogen (secondary N) is 2. The van der Waals surface area contributed by atoms with Crippen LogP contribution in [-0.4, -0.2) is 16.6 Å². The molecule has 0 saturated heterocycles. The monoisotopic (exact) mass is 274 g/mol. The zero-order valence-corrected chi connectivity index (χ0v) is 14.1. The first-order valence-electron chi connectivity index (χ1n) is 5.79. The van der Waals surface area contributed by atoms with Gasteiger partial charge >= 0.3 is 0 Å². The molecule has 0 aromatic carbocycles. The summed E-state index contributed by atoms with van der Waals surface area (Å²) < 4.78 is 11.2. The smallest absolute Gasteiger partial charge is 0.220 e. The summed E-state index contributed by atoms with van der Waals surface area (Å²) in [6.45, 7) is 18.5. The highest BCUT2D eigenvalue weighted by Gasteiger charge is 2.18. The van der Waals surface area contributed by atoms with Gasteiger partial charge in [-0.2, -0.15) is 0 Å². The Balaban J connectivity index is 4.25. The van der Waals surface area contributed by atoms with Gasteiger partial charge in [-0.3, -0.25) is 11.0 Å². The number of hydroxylamine groups is 2. The van der Waals surface area contributed by atoms with Gasteiger partial charge in [0, 0.05) is 0 Å². The van der Waals surface area contributed by atoms with E-state index in [0.29, 0.717) is 5.70 Å². The van der Waals surface area contributed by atoms with E-state index < -0.39 is 16.6 Å². The molecule has 4 nitrogen and oxygen atoms in total. The van der Waals surface area contributed by atoms with Crippen LogP contribution in [0.2, 0.25) is 39.3 Å². The molecule has 0 aliphatic carbocycles. The summed E-state index contributed by atoms with van der Waals surface area (Å²) in [5.74, 6) is 0. The Kier molecular flexibility index (Phi) is 6.18. The van der Waals surface area contributed by atoms with Crippen LogP contribution < -0.4 is 11.0 Å². The lowest BCUT2D eigenvalue weighted by molar-refractivity contribution is 0.196. The molecule has 0 spiro atoms. The molecular formula is C11H26N2O2Si2. The molecule has 0 aromatic heterocycles. The van der Waals surface area contributed by atoms with E-state index in [1.54, 1.807) is 0 Å². The topological polar surface area (TPSA) is 42.5 Å². The molecular weight excluding hydrogens is 248 g/mol. The first-order chi connectivity index (χ1) is 7.55. The van der Waals surface area contributed by atoms with E-state index >= 15 is 0 Å². The molecule has 0 saturated carbocycles. The normalized spacial score (nSPS) is 13.5. The molecule has 0 aromatic rings. The van der Waals surface area contributed by atoms with Gasteiger partial charge in [-0.25, -0.2) is 0 Å². The second-order valence-corrected chi connectivity index (χ2v) is 14.7. The van der Waals surface area contributed by atoms with Crippen LogP contribution >= 0.6 is 0 Å². The summed E-state index contributed by atoms with van der Waals surface area (Å²) in [5.41, 5.74) is 7.32. The standard InChI is InChI=1S/C11H26N2O2Si2/c1-9-11(13-15-17(6,7)8)10(2)12-14-16(3,4)5/h9,12-13H,2H2,1,3-8H3. The van der Waals surface area contributed by atoms with Crippen LogP contribution in [0, 0.1) is 0 Å². The largest absolute Gasteiger partial charge is 0.323 e. The summed E-state index contributed by atoms with van der Waals surface area (Å²) in [6.07, 6.45) is 1.91. The van der Waals surface area contributed by atoms with Crippen molar-refractivity contribution in [3.63, 3.8) is 0 Å². The van der Waals surface area contributed by atoms with E-state index in [9.17, 15) is 0 Å². The Bertz CT molecular complexity index is 291. The highest BCUT2D eigenvalue weighted by Crippen LogP contribution is 2.08. The highest BCUT2D eigenvalue weighted by molar-refractivity contribution is 6.70. The average molecular weight is 275 g/mol. The lowest BCUT2D eigenvalue weighted by Gasteiger charge is -2.23. The first-order valence-corrected chi connectivity index (χ1v) is 12.6. The van der Waals surface area contributed by atoms with Gasteiger partial charge in [0.05, 0.1) is 11.4 Å². The SMILES string of the molecule is C=C(NO[Si](C)(C)C)C(=CC)NO[Si](C)(C)C. The van der Waals surface area contributed by atoms with Gasteiger partial charge in [-0.1, -0.05) is 12.7 Å². The van der Waals surface area contributed by atoms with Gasteiger partial charge in [0.15, 0.2) is 0 Å². The fourth-order valence-corrected chi connectivity index (χ4v) is 1.62. The molecule has 0 rings (SSSR count). The fraction of sp³-hybridized carbons (Fsp3) is 0.636. The van der Waals surface area contributed by atoms with Gasteiger partial charge < -0.3 is 9.05 Å². The minimum Gasteiger partial charge on any atom is -0.323 e. The van der Waals surface area contributed by atoms with Crippen molar-refractivity contribution in [2.24, 2.45) is 0 Å². The van der Waals surface area contributed by atoms with Gasteiger partial charge in [0.2, 0.25) is 16.6 Å². The lowest BCUT2D eigenvalue weighted by atomic mass is 10.3. The third-order valence-electron chi connectivity index (χ3n) is 1.56. The lowest BCUT2D eigenvalue weighted by Crippen LogP contribution is -2.37. The number of hydrogen-bond acceptors (Lipinski definition) is 4. The molecule has 0 amide bonds. The van der Waals surface area contributed by atoms with Crippen molar-refractivity contribution in [1.29, 1.82) is 0 Å². The van der Waals surface area contributed by atoms with Crippen LogP contribution in [0.15, 0.2) is 24.0 Å². The molecule has 6 heteroatoms. The van der Waals surface area contributed by atoms with Crippen molar-refractivity contribution in [3.05, 3.63) is 24.0 Å². The van der Waals surface area contributed by atoms with Crippen LogP contribution in [0.4, 0.5) is 0 Å². The summed E-state index contributed by atoms with van der Waals surface area (Å²) in [5, 5.41) is 0. The molecule has 0 fully saturated rings. The van der Waals surface area contributed by atoms with E-state index in [0.717, 1.165) is 5.70 Å². The quantitative estimate of drug-likeness (QED) is 0.425. The minimum absolute atomic E-state index is 0.688. The molecule has 2 N–H and O–H groups in total. The first kappa shape index (κ1) is 16.4. The Morgan fingerprint density at radius 3 is 1.71 bits per heavy atom. The van der Waals surface area contributed by atoms with Crippen molar-refractivity contribution in [2.45, 2.75) is 46.2 Å². The Hall–Kier alpha value is -0.566. The summed E-state index contributed by atoms with van der Waals surface area (Å²) in [4.78, 5) is 0. The van der Waals surface area contributed by atoms with E-state index in [2.05, 4.69) is 56.8 Å². The molecule has 0 aliphatic heterocycles. The third-order valence-corrected chi connectivity index (χ3v) is 2.99. The second kappa shape index (κ2) is 6.39. The van der Waals surface area contributed by atoms with Crippen molar-refractivity contribution >= 4 is 16.6 Å². The number of rotatable bonds is 7. The Morgan fingerprint density at radius 1 is 0.941 bits per heavy atom. The summed E-state index contributed by atoms with van der Waals surface area (Å²) >= 11 is 0. The molecule has 0 aliphatic rings. The maximum Gasteiger partial charge on any atom is 0.220 e. The molecule has 100 valence electrons. The van der Waals surface area contributed by atoms with Crippen LogP contribution in [0.25, 0.3) is 0 Å². The van der Waals surface area contributed by atoms with E-state index in [-0.39, 0.29) is 0 Å². The fourth-order valence-electron chi connectivity index (χ4n) is 0.772. The van der Waals surface area contributed by atoms with E-state index in [1.165, 1.54) is 0 Å². The minimum atomic E-state index is -1.60. The highest BCUT2D eigenvalue weighted by atomic mass is 28.4. The molecule has 0 heterocycles. The molecule has 17 heavy (non-hydrogen) atoms. The predicted molar refractivity (Wildman–Crippen MR) is 78.0 cm³/mol. The van der Waals surface area contributed by atoms with Gasteiger partial charge in [0.1, 0.15) is 0 Å². The van der Waals surface area contributed by atoms with Gasteiger partial charge in [-0.05, 0) is 46.2 Å². The van der Waals surface area contributed by atoms with E-state index in [1.807, 2.05) is 13.0 Å². The molecule has 0 unspecified atom stereocenters. The predicted octanol–water partition coefficient (Wildman–Crippen LogP) is 3.12. The second-order valence-electron chi connectivity index (χ2n) is 5.81. The van der Waals surface area contributed by atoms with Crippen LogP contribution in [0.3, 0.4) is 0 Å². The van der Waals surface area contributed by atoms with E-state index in [4.69, 9.17) is 9.05 Å². The van der Waals surface area contributed by atoms with Crippen molar-refractivity contribution < 1.29 is 9.05 Å². The Labute approximate surface area is 107 Å². The third kappa shape index (κ3) is 9.16.